The number of hydrogen-bond donors (Lipinski definition) is 2. The average molecular weight is 428 g/mol. The summed E-state index contributed by atoms with van der Waals surface area (Å²) in [4.78, 5) is 20.9. The van der Waals surface area contributed by atoms with Gasteiger partial charge in [-0.25, -0.2) is 23.1 Å². The number of benzene rings is 1. The van der Waals surface area contributed by atoms with E-state index in [1.807, 2.05) is 28.8 Å². The van der Waals surface area contributed by atoms with Gasteiger partial charge in [0.2, 0.25) is 15.9 Å². The van der Waals surface area contributed by atoms with Crippen molar-refractivity contribution in [1.29, 1.82) is 0 Å². The Morgan fingerprint density at radius 1 is 1.10 bits per heavy atom. The number of amides is 1. The van der Waals surface area contributed by atoms with Crippen molar-refractivity contribution in [2.45, 2.75) is 38.6 Å². The Hall–Kier alpha value is -2.78. The fourth-order valence-electron chi connectivity index (χ4n) is 3.79. The molecule has 1 aliphatic rings. The molecule has 1 fully saturated rings. The maximum atomic E-state index is 12.3. The first-order valence-corrected chi connectivity index (χ1v) is 11.7. The van der Waals surface area contributed by atoms with E-state index in [1.165, 1.54) is 6.20 Å². The second-order valence-electron chi connectivity index (χ2n) is 7.89. The van der Waals surface area contributed by atoms with Gasteiger partial charge in [-0.15, -0.1) is 0 Å². The van der Waals surface area contributed by atoms with E-state index in [4.69, 9.17) is 0 Å². The number of nitrogens with zero attached hydrogens (tertiary/aromatic N) is 3. The molecule has 2 heterocycles. The summed E-state index contributed by atoms with van der Waals surface area (Å²) in [6.45, 7) is 2.17. The minimum atomic E-state index is -3.68. The van der Waals surface area contributed by atoms with Gasteiger partial charge >= 0.3 is 0 Å². The van der Waals surface area contributed by atoms with Gasteiger partial charge in [0.15, 0.2) is 0 Å². The first kappa shape index (κ1) is 20.5. The Morgan fingerprint density at radius 3 is 2.60 bits per heavy atom. The molecule has 0 atom stereocenters. The van der Waals surface area contributed by atoms with Crippen LogP contribution in [-0.2, 0) is 14.8 Å². The van der Waals surface area contributed by atoms with Crippen molar-refractivity contribution in [1.82, 2.24) is 19.3 Å². The number of rotatable bonds is 6. The summed E-state index contributed by atoms with van der Waals surface area (Å²) < 4.78 is 29.1. The molecule has 3 aromatic rings. The van der Waals surface area contributed by atoms with E-state index < -0.39 is 21.7 Å². The van der Waals surface area contributed by atoms with Crippen LogP contribution in [0, 0.1) is 5.92 Å². The third-order valence-corrected chi connectivity index (χ3v) is 6.75. The van der Waals surface area contributed by atoms with Gasteiger partial charge in [0, 0.05) is 6.04 Å². The summed E-state index contributed by atoms with van der Waals surface area (Å²) in [5, 5.41) is 2.61. The number of nitrogens with one attached hydrogen (secondary N) is 2. The average Bonchev–Trinajstić information content (AvgIpc) is 3.14. The van der Waals surface area contributed by atoms with Gasteiger partial charge in [0.1, 0.15) is 17.9 Å². The van der Waals surface area contributed by atoms with Gasteiger partial charge in [-0.3, -0.25) is 9.36 Å². The molecule has 0 unspecified atom stereocenters. The second-order valence-corrected chi connectivity index (χ2v) is 9.64. The molecular formula is C21H25N5O3S. The number of carbonyl (C=O) groups is 1. The summed E-state index contributed by atoms with van der Waals surface area (Å²) in [7, 11) is -3.68. The minimum absolute atomic E-state index is 0.0787. The molecule has 8 nitrogen and oxygen atoms in total. The first-order valence-electron chi connectivity index (χ1n) is 10.1. The molecule has 30 heavy (non-hydrogen) atoms. The predicted molar refractivity (Wildman–Crippen MR) is 116 cm³/mol. The molecule has 2 aromatic heterocycles. The third-order valence-electron chi connectivity index (χ3n) is 5.42. The Morgan fingerprint density at radius 2 is 1.87 bits per heavy atom. The lowest BCUT2D eigenvalue weighted by atomic mass is 9.88. The molecule has 1 saturated carbocycles. The van der Waals surface area contributed by atoms with E-state index in [2.05, 4.69) is 26.9 Å². The highest BCUT2D eigenvalue weighted by molar-refractivity contribution is 7.90. The number of para-hydroxylation sites is 2. The zero-order valence-corrected chi connectivity index (χ0v) is 17.6. The first-order chi connectivity index (χ1) is 14.4. The molecule has 2 N–H and O–H groups in total. The second kappa shape index (κ2) is 8.53. The molecule has 0 bridgehead atoms. The van der Waals surface area contributed by atoms with Gasteiger partial charge in [0.25, 0.3) is 0 Å². The van der Waals surface area contributed by atoms with Crippen LogP contribution in [0.2, 0.25) is 0 Å². The Kier molecular flexibility index (Phi) is 5.83. The predicted octanol–water partition coefficient (Wildman–Crippen LogP) is 2.86. The number of hydrogen-bond acceptors (Lipinski definition) is 5. The zero-order chi connectivity index (χ0) is 21.1. The lowest BCUT2D eigenvalue weighted by molar-refractivity contribution is -0.113. The van der Waals surface area contributed by atoms with Crippen molar-refractivity contribution >= 4 is 32.7 Å². The number of carbonyl (C=O) groups excluding carboxylic acids is 1. The Bertz CT molecular complexity index is 1130. The van der Waals surface area contributed by atoms with Crippen LogP contribution in [-0.4, -0.2) is 40.7 Å². The van der Waals surface area contributed by atoms with Crippen LogP contribution in [0.1, 0.15) is 32.6 Å². The standard InChI is InChI=1S/C21H25N5O3S/c1-15-6-8-16(9-7-15)25-30(28,29)13-21(27)24-17-10-11-20(22-12-17)26-14-23-18-4-2-3-5-19(18)26/h2-5,10-12,14-16,25H,6-9,13H2,1H3,(H,24,27). The summed E-state index contributed by atoms with van der Waals surface area (Å²) >= 11 is 0. The molecule has 0 aliphatic heterocycles. The van der Waals surface area contributed by atoms with Crippen molar-refractivity contribution in [3.05, 3.63) is 48.9 Å². The molecule has 1 amide bonds. The molecule has 1 aromatic carbocycles. The summed E-state index contributed by atoms with van der Waals surface area (Å²) in [6, 6.07) is 11.1. The topological polar surface area (TPSA) is 106 Å². The maximum Gasteiger partial charge on any atom is 0.241 e. The Balaban J connectivity index is 1.36. The molecule has 158 valence electrons. The van der Waals surface area contributed by atoms with E-state index >= 15 is 0 Å². The van der Waals surface area contributed by atoms with E-state index in [9.17, 15) is 13.2 Å². The highest BCUT2D eigenvalue weighted by Gasteiger charge is 2.24. The van der Waals surface area contributed by atoms with Crippen molar-refractivity contribution < 1.29 is 13.2 Å². The maximum absolute atomic E-state index is 12.3. The normalized spacial score (nSPS) is 19.6. The number of pyridine rings is 1. The van der Waals surface area contributed by atoms with Gasteiger partial charge in [-0.05, 0) is 55.9 Å². The fraction of sp³-hybridized carbons (Fsp3) is 0.381. The minimum Gasteiger partial charge on any atom is -0.324 e. The zero-order valence-electron chi connectivity index (χ0n) is 16.8. The van der Waals surface area contributed by atoms with Crippen LogP contribution in [0.25, 0.3) is 16.9 Å². The molecule has 4 rings (SSSR count). The molecule has 0 saturated heterocycles. The van der Waals surface area contributed by atoms with Gasteiger partial charge in [-0.1, -0.05) is 19.1 Å². The van der Waals surface area contributed by atoms with Crippen LogP contribution >= 0.6 is 0 Å². The molecule has 0 spiro atoms. The highest BCUT2D eigenvalue weighted by Crippen LogP contribution is 2.24. The summed E-state index contributed by atoms with van der Waals surface area (Å²) in [5.41, 5.74) is 2.23. The van der Waals surface area contributed by atoms with E-state index in [1.54, 1.807) is 18.5 Å². The molecule has 0 radical (unpaired) electrons. The van der Waals surface area contributed by atoms with Crippen molar-refractivity contribution in [3.8, 4) is 5.82 Å². The SMILES string of the molecule is CC1CCC(NS(=O)(=O)CC(=O)Nc2ccc(-n3cnc4ccccc43)nc2)CC1. The number of fused-ring (bicyclic) bond motifs is 1. The molecule has 9 heteroatoms. The third kappa shape index (κ3) is 4.85. The number of imidazole rings is 1. The lowest BCUT2D eigenvalue weighted by Gasteiger charge is -2.26. The van der Waals surface area contributed by atoms with E-state index in [-0.39, 0.29) is 6.04 Å². The monoisotopic (exact) mass is 427 g/mol. The molecular weight excluding hydrogens is 402 g/mol. The van der Waals surface area contributed by atoms with Crippen LogP contribution in [0.5, 0.6) is 0 Å². The number of sulfonamides is 1. The van der Waals surface area contributed by atoms with Crippen molar-refractivity contribution in [2.75, 3.05) is 11.1 Å². The van der Waals surface area contributed by atoms with Crippen molar-refractivity contribution in [3.63, 3.8) is 0 Å². The van der Waals surface area contributed by atoms with Gasteiger partial charge in [0.05, 0.1) is 22.9 Å². The molecule has 1 aliphatic carbocycles. The van der Waals surface area contributed by atoms with Gasteiger partial charge in [-0.2, -0.15) is 0 Å². The number of anilines is 1. The van der Waals surface area contributed by atoms with Crippen LogP contribution in [0.4, 0.5) is 5.69 Å². The largest absolute Gasteiger partial charge is 0.324 e. The van der Waals surface area contributed by atoms with E-state index in [0.717, 1.165) is 36.7 Å². The summed E-state index contributed by atoms with van der Waals surface area (Å²) in [6.07, 6.45) is 6.83. The van der Waals surface area contributed by atoms with Crippen molar-refractivity contribution in [2.24, 2.45) is 5.92 Å². The van der Waals surface area contributed by atoms with Gasteiger partial charge < -0.3 is 5.32 Å². The van der Waals surface area contributed by atoms with E-state index in [0.29, 0.717) is 17.4 Å². The lowest BCUT2D eigenvalue weighted by Crippen LogP contribution is -2.41. The summed E-state index contributed by atoms with van der Waals surface area (Å²) in [5.74, 6) is 0.0918. The fourth-order valence-corrected chi connectivity index (χ4v) is 5.03. The van der Waals surface area contributed by atoms with Crippen LogP contribution in [0.3, 0.4) is 0 Å². The Labute approximate surface area is 175 Å². The highest BCUT2D eigenvalue weighted by atomic mass is 32.2. The smallest absolute Gasteiger partial charge is 0.241 e. The van der Waals surface area contributed by atoms with Crippen LogP contribution < -0.4 is 10.0 Å². The van der Waals surface area contributed by atoms with Crippen LogP contribution in [0.15, 0.2) is 48.9 Å². The quantitative estimate of drug-likeness (QED) is 0.629. The number of aromatic nitrogens is 3.